The van der Waals surface area contributed by atoms with Crippen molar-refractivity contribution < 1.29 is 9.53 Å². The van der Waals surface area contributed by atoms with Crippen molar-refractivity contribution in [2.45, 2.75) is 59.1 Å². The molecule has 2 rings (SSSR count). The molecule has 1 aromatic heterocycles. The van der Waals surface area contributed by atoms with Gasteiger partial charge in [0.1, 0.15) is 5.60 Å². The van der Waals surface area contributed by atoms with E-state index in [-0.39, 0.29) is 12.1 Å². The number of amides is 1. The van der Waals surface area contributed by atoms with Crippen LogP contribution in [0.3, 0.4) is 0 Å². The van der Waals surface area contributed by atoms with Gasteiger partial charge < -0.3 is 9.64 Å². The number of likely N-dealkylation sites (tertiary alicyclic amines) is 1. The average molecular weight is 335 g/mol. The normalized spacial score (nSPS) is 15.8. The summed E-state index contributed by atoms with van der Waals surface area (Å²) in [5, 5.41) is 2.97. The van der Waals surface area contributed by atoms with Crippen molar-refractivity contribution in [3.63, 3.8) is 0 Å². The van der Waals surface area contributed by atoms with E-state index in [1.807, 2.05) is 40.0 Å². The molecular weight excluding hydrogens is 310 g/mol. The van der Waals surface area contributed by atoms with E-state index in [1.165, 1.54) is 0 Å². The van der Waals surface area contributed by atoms with E-state index in [4.69, 9.17) is 4.74 Å². The Kier molecular flexibility index (Phi) is 5.53. The molecule has 1 fully saturated rings. The van der Waals surface area contributed by atoms with Crippen LogP contribution in [0.1, 0.15) is 46.2 Å². The zero-order valence-electron chi connectivity index (χ0n) is 14.5. The van der Waals surface area contributed by atoms with Gasteiger partial charge in [-0.15, -0.1) is 11.3 Å². The van der Waals surface area contributed by atoms with Crippen LogP contribution in [0, 0.1) is 18.9 Å². The number of thiazole rings is 1. The monoisotopic (exact) mass is 335 g/mol. The lowest BCUT2D eigenvalue weighted by molar-refractivity contribution is 0.0206. The highest BCUT2D eigenvalue weighted by Crippen LogP contribution is 2.26. The molecule has 2 heterocycles. The molecule has 1 aliphatic heterocycles. The van der Waals surface area contributed by atoms with Crippen LogP contribution in [0.5, 0.6) is 0 Å². The van der Waals surface area contributed by atoms with Crippen LogP contribution in [0.25, 0.3) is 0 Å². The van der Waals surface area contributed by atoms with Gasteiger partial charge in [0.15, 0.2) is 5.13 Å². The largest absolute Gasteiger partial charge is 0.444 e. The fourth-order valence-electron chi connectivity index (χ4n) is 2.50. The van der Waals surface area contributed by atoms with Gasteiger partial charge in [-0.05, 0) is 47.5 Å². The SMILES string of the molecule is CC#CN(c1nc(C)cs1)C1CCN(C(=O)OC(C)(C)C)CC1. The number of hydrogen-bond donors (Lipinski definition) is 0. The number of nitrogens with zero attached hydrogens (tertiary/aromatic N) is 3. The summed E-state index contributed by atoms with van der Waals surface area (Å²) in [5.74, 6) is 2.98. The van der Waals surface area contributed by atoms with Crippen molar-refractivity contribution in [3.05, 3.63) is 11.1 Å². The summed E-state index contributed by atoms with van der Waals surface area (Å²) < 4.78 is 5.44. The molecule has 6 heteroatoms. The second-order valence-corrected chi connectivity index (χ2v) is 7.54. The van der Waals surface area contributed by atoms with Gasteiger partial charge in [-0.1, -0.05) is 5.92 Å². The highest BCUT2D eigenvalue weighted by atomic mass is 32.1. The van der Waals surface area contributed by atoms with Crippen LogP contribution in [0.15, 0.2) is 5.38 Å². The number of hydrogen-bond acceptors (Lipinski definition) is 5. The second kappa shape index (κ2) is 7.22. The number of ether oxygens (including phenoxy) is 1. The van der Waals surface area contributed by atoms with Crippen LogP contribution in [-0.2, 0) is 4.74 Å². The van der Waals surface area contributed by atoms with Gasteiger partial charge in [-0.25, -0.2) is 9.78 Å². The minimum Gasteiger partial charge on any atom is -0.444 e. The first-order valence-electron chi connectivity index (χ1n) is 7.92. The number of carbonyl (C=O) groups excluding carboxylic acids is 1. The van der Waals surface area contributed by atoms with Gasteiger partial charge >= 0.3 is 6.09 Å². The Morgan fingerprint density at radius 2 is 2.09 bits per heavy atom. The minimum atomic E-state index is -0.452. The summed E-state index contributed by atoms with van der Waals surface area (Å²) in [4.78, 5) is 20.5. The highest BCUT2D eigenvalue weighted by molar-refractivity contribution is 7.13. The van der Waals surface area contributed by atoms with E-state index in [0.29, 0.717) is 13.1 Å². The van der Waals surface area contributed by atoms with Gasteiger partial charge in [-0.3, -0.25) is 4.90 Å². The molecule has 1 aliphatic rings. The lowest BCUT2D eigenvalue weighted by Gasteiger charge is -2.36. The zero-order chi connectivity index (χ0) is 17.0. The standard InChI is InChI=1S/C17H25N3O2S/c1-6-9-20(15-18-13(2)12-23-15)14-7-10-19(11-8-14)16(21)22-17(3,4)5/h12,14H,7-8,10-11H2,1-5H3. The first-order chi connectivity index (χ1) is 10.8. The van der Waals surface area contributed by atoms with Gasteiger partial charge in [0.25, 0.3) is 0 Å². The van der Waals surface area contributed by atoms with Gasteiger partial charge in [0.05, 0.1) is 5.69 Å². The van der Waals surface area contributed by atoms with Crippen LogP contribution >= 0.6 is 11.3 Å². The molecule has 0 saturated carbocycles. The van der Waals surface area contributed by atoms with Crippen LogP contribution in [0.4, 0.5) is 9.93 Å². The van der Waals surface area contributed by atoms with Gasteiger partial charge in [0, 0.05) is 30.6 Å². The molecule has 5 nitrogen and oxygen atoms in total. The first kappa shape index (κ1) is 17.6. The maximum atomic E-state index is 12.1. The number of rotatable bonds is 2. The molecule has 0 N–H and O–H groups in total. The van der Waals surface area contributed by atoms with Crippen LogP contribution in [0.2, 0.25) is 0 Å². The molecule has 0 aromatic carbocycles. The third-order valence-electron chi connectivity index (χ3n) is 3.53. The maximum absolute atomic E-state index is 12.1. The lowest BCUT2D eigenvalue weighted by Crippen LogP contribution is -2.47. The van der Waals surface area contributed by atoms with Gasteiger partial charge in [-0.2, -0.15) is 0 Å². The number of aromatic nitrogens is 1. The van der Waals surface area contributed by atoms with Crippen molar-refractivity contribution in [2.75, 3.05) is 18.0 Å². The Morgan fingerprint density at radius 3 is 2.57 bits per heavy atom. The number of aryl methyl sites for hydroxylation is 1. The Bertz CT molecular complexity index is 601. The third-order valence-corrected chi connectivity index (χ3v) is 4.48. The highest BCUT2D eigenvalue weighted by Gasteiger charge is 2.30. The van der Waals surface area contributed by atoms with Crippen molar-refractivity contribution in [1.82, 2.24) is 9.88 Å². The third kappa shape index (κ3) is 4.87. The topological polar surface area (TPSA) is 45.7 Å². The summed E-state index contributed by atoms with van der Waals surface area (Å²) in [6.07, 6.45) is 1.51. The smallest absolute Gasteiger partial charge is 0.410 e. The van der Waals surface area contributed by atoms with E-state index in [0.717, 1.165) is 23.7 Å². The number of piperidine rings is 1. The zero-order valence-corrected chi connectivity index (χ0v) is 15.4. The Balaban J connectivity index is 1.99. The molecule has 1 aromatic rings. The lowest BCUT2D eigenvalue weighted by atomic mass is 10.0. The quantitative estimate of drug-likeness (QED) is 0.611. The minimum absolute atomic E-state index is 0.228. The summed E-state index contributed by atoms with van der Waals surface area (Å²) >= 11 is 1.61. The van der Waals surface area contributed by atoms with Crippen molar-refractivity contribution >= 4 is 22.6 Å². The maximum Gasteiger partial charge on any atom is 0.410 e. The molecule has 23 heavy (non-hydrogen) atoms. The molecule has 126 valence electrons. The molecule has 0 aliphatic carbocycles. The summed E-state index contributed by atoms with van der Waals surface area (Å²) in [6, 6.07) is 3.44. The molecule has 0 spiro atoms. The molecule has 0 radical (unpaired) electrons. The predicted molar refractivity (Wildman–Crippen MR) is 93.6 cm³/mol. The van der Waals surface area contributed by atoms with E-state index < -0.39 is 5.60 Å². The van der Waals surface area contributed by atoms with E-state index >= 15 is 0 Å². The molecule has 1 amide bonds. The molecule has 0 bridgehead atoms. The molecular formula is C17H25N3O2S. The fourth-order valence-corrected chi connectivity index (χ4v) is 3.33. The Labute approximate surface area is 142 Å². The van der Waals surface area contributed by atoms with E-state index in [1.54, 1.807) is 16.2 Å². The molecule has 1 saturated heterocycles. The Morgan fingerprint density at radius 1 is 1.43 bits per heavy atom. The number of anilines is 1. The van der Waals surface area contributed by atoms with Crippen molar-refractivity contribution in [3.8, 4) is 12.0 Å². The second-order valence-electron chi connectivity index (χ2n) is 6.70. The van der Waals surface area contributed by atoms with E-state index in [2.05, 4.69) is 21.8 Å². The summed E-state index contributed by atoms with van der Waals surface area (Å²) in [7, 11) is 0. The number of carbonyl (C=O) groups is 1. The van der Waals surface area contributed by atoms with Gasteiger partial charge in [0.2, 0.25) is 0 Å². The summed E-state index contributed by atoms with van der Waals surface area (Å²) in [6.45, 7) is 10.9. The van der Waals surface area contributed by atoms with Crippen LogP contribution in [-0.4, -0.2) is 40.7 Å². The first-order valence-corrected chi connectivity index (χ1v) is 8.80. The van der Waals surface area contributed by atoms with E-state index in [9.17, 15) is 4.79 Å². The molecule has 0 unspecified atom stereocenters. The average Bonchev–Trinajstić information content (AvgIpc) is 2.89. The summed E-state index contributed by atoms with van der Waals surface area (Å²) in [5.41, 5.74) is 0.561. The fraction of sp³-hybridized carbons (Fsp3) is 0.647. The predicted octanol–water partition coefficient (Wildman–Crippen LogP) is 3.64. The van der Waals surface area contributed by atoms with Crippen molar-refractivity contribution in [2.24, 2.45) is 0 Å². The van der Waals surface area contributed by atoms with Crippen molar-refractivity contribution in [1.29, 1.82) is 0 Å². The molecule has 0 atom stereocenters. The van der Waals surface area contributed by atoms with Crippen LogP contribution < -0.4 is 4.90 Å². The Hall–Kier alpha value is -1.74.